The van der Waals surface area contributed by atoms with Crippen LogP contribution in [0, 0.1) is 0 Å². The average molecular weight is 236 g/mol. The Labute approximate surface area is 97.6 Å². The molecule has 0 radical (unpaired) electrons. The first-order valence-corrected chi connectivity index (χ1v) is 6.20. The van der Waals surface area contributed by atoms with Crippen molar-refractivity contribution in [3.8, 4) is 0 Å². The number of thioether (sulfide) groups is 1. The largest absolute Gasteiger partial charge is 0.464 e. The third kappa shape index (κ3) is 1.78. The highest BCUT2D eigenvalue weighted by molar-refractivity contribution is 7.97. The van der Waals surface area contributed by atoms with Crippen LogP contribution in [0.2, 0.25) is 0 Å². The standard InChI is InChI=1S/C11H12N2O2S/c1-15-11(14)9-4-3-5-10-12-6-8(7-16-2)13(9)10/h3-6H,7H2,1-2H3. The van der Waals surface area contributed by atoms with Gasteiger partial charge in [0.1, 0.15) is 11.3 Å². The first-order chi connectivity index (χ1) is 7.77. The SMILES string of the molecule is COC(=O)c1cccc2ncc(CSC)n12. The van der Waals surface area contributed by atoms with Gasteiger partial charge in [-0.3, -0.25) is 4.40 Å². The van der Waals surface area contributed by atoms with Crippen molar-refractivity contribution in [3.05, 3.63) is 35.8 Å². The van der Waals surface area contributed by atoms with Crippen molar-refractivity contribution in [2.45, 2.75) is 5.75 Å². The molecule has 2 aromatic rings. The molecule has 0 aliphatic rings. The Morgan fingerprint density at radius 3 is 3.06 bits per heavy atom. The summed E-state index contributed by atoms with van der Waals surface area (Å²) in [7, 11) is 1.38. The van der Waals surface area contributed by atoms with Crippen LogP contribution in [0.25, 0.3) is 5.65 Å². The fourth-order valence-corrected chi connectivity index (χ4v) is 2.11. The van der Waals surface area contributed by atoms with Crippen LogP contribution in [0.3, 0.4) is 0 Å². The Bertz CT molecular complexity index is 522. The summed E-state index contributed by atoms with van der Waals surface area (Å²) in [6, 6.07) is 5.41. The number of hydrogen-bond acceptors (Lipinski definition) is 4. The Morgan fingerprint density at radius 2 is 2.38 bits per heavy atom. The van der Waals surface area contributed by atoms with Gasteiger partial charge in [-0.2, -0.15) is 11.8 Å². The quantitative estimate of drug-likeness (QED) is 0.764. The fraction of sp³-hybridized carbons (Fsp3) is 0.273. The molecule has 0 N–H and O–H groups in total. The van der Waals surface area contributed by atoms with Gasteiger partial charge in [-0.15, -0.1) is 0 Å². The van der Waals surface area contributed by atoms with Gasteiger partial charge in [0.25, 0.3) is 0 Å². The van der Waals surface area contributed by atoms with Crippen LogP contribution >= 0.6 is 11.8 Å². The predicted octanol–water partition coefficient (Wildman–Crippen LogP) is 1.98. The summed E-state index contributed by atoms with van der Waals surface area (Å²) in [6.45, 7) is 0. The molecule has 4 nitrogen and oxygen atoms in total. The molecular formula is C11H12N2O2S. The summed E-state index contributed by atoms with van der Waals surface area (Å²) >= 11 is 1.69. The van der Waals surface area contributed by atoms with Crippen molar-refractivity contribution >= 4 is 23.4 Å². The molecule has 0 bridgehead atoms. The lowest BCUT2D eigenvalue weighted by Crippen LogP contribution is -2.09. The minimum Gasteiger partial charge on any atom is -0.464 e. The number of nitrogens with zero attached hydrogens (tertiary/aromatic N) is 2. The second kappa shape index (κ2) is 4.57. The fourth-order valence-electron chi connectivity index (χ4n) is 1.61. The van der Waals surface area contributed by atoms with Crippen molar-refractivity contribution in [1.29, 1.82) is 0 Å². The van der Waals surface area contributed by atoms with E-state index in [1.807, 2.05) is 16.7 Å². The zero-order valence-electron chi connectivity index (χ0n) is 9.14. The van der Waals surface area contributed by atoms with E-state index in [1.54, 1.807) is 30.1 Å². The summed E-state index contributed by atoms with van der Waals surface area (Å²) in [5, 5.41) is 0. The van der Waals surface area contributed by atoms with Crippen molar-refractivity contribution in [1.82, 2.24) is 9.38 Å². The normalized spacial score (nSPS) is 10.6. The number of esters is 1. The van der Waals surface area contributed by atoms with E-state index in [0.717, 1.165) is 17.1 Å². The Kier molecular flexibility index (Phi) is 3.14. The van der Waals surface area contributed by atoms with Crippen molar-refractivity contribution in [2.75, 3.05) is 13.4 Å². The van der Waals surface area contributed by atoms with Crippen LogP contribution in [0.15, 0.2) is 24.4 Å². The lowest BCUT2D eigenvalue weighted by molar-refractivity contribution is 0.0592. The minimum atomic E-state index is -0.342. The zero-order chi connectivity index (χ0) is 11.5. The van der Waals surface area contributed by atoms with Crippen molar-refractivity contribution in [3.63, 3.8) is 0 Å². The number of pyridine rings is 1. The number of rotatable bonds is 3. The Morgan fingerprint density at radius 1 is 1.56 bits per heavy atom. The highest BCUT2D eigenvalue weighted by Crippen LogP contribution is 2.15. The predicted molar refractivity (Wildman–Crippen MR) is 63.8 cm³/mol. The molecule has 0 aliphatic heterocycles. The van der Waals surface area contributed by atoms with Crippen LogP contribution in [-0.4, -0.2) is 28.7 Å². The van der Waals surface area contributed by atoms with Crippen LogP contribution in [0.4, 0.5) is 0 Å². The van der Waals surface area contributed by atoms with Crippen LogP contribution in [-0.2, 0) is 10.5 Å². The van der Waals surface area contributed by atoms with E-state index in [0.29, 0.717) is 5.69 Å². The number of fused-ring (bicyclic) bond motifs is 1. The Balaban J connectivity index is 2.63. The molecule has 2 heterocycles. The lowest BCUT2D eigenvalue weighted by Gasteiger charge is -2.06. The van der Waals surface area contributed by atoms with E-state index in [2.05, 4.69) is 4.98 Å². The molecule has 0 atom stereocenters. The van der Waals surface area contributed by atoms with Crippen molar-refractivity contribution in [2.24, 2.45) is 0 Å². The number of ether oxygens (including phenoxy) is 1. The average Bonchev–Trinajstić information content (AvgIpc) is 2.72. The zero-order valence-corrected chi connectivity index (χ0v) is 9.95. The smallest absolute Gasteiger partial charge is 0.355 e. The first kappa shape index (κ1) is 11.0. The molecule has 84 valence electrons. The summed E-state index contributed by atoms with van der Waals surface area (Å²) in [6.07, 6.45) is 3.80. The highest BCUT2D eigenvalue weighted by atomic mass is 32.2. The molecule has 16 heavy (non-hydrogen) atoms. The van der Waals surface area contributed by atoms with E-state index in [4.69, 9.17) is 4.74 Å². The molecule has 2 aromatic heterocycles. The van der Waals surface area contributed by atoms with E-state index in [9.17, 15) is 4.79 Å². The third-order valence-electron chi connectivity index (χ3n) is 2.29. The maximum absolute atomic E-state index is 11.6. The number of carbonyl (C=O) groups excluding carboxylic acids is 1. The molecule has 0 spiro atoms. The van der Waals surface area contributed by atoms with Gasteiger partial charge in [0.15, 0.2) is 0 Å². The van der Waals surface area contributed by atoms with Gasteiger partial charge < -0.3 is 4.74 Å². The number of imidazole rings is 1. The number of methoxy groups -OCH3 is 1. The maximum atomic E-state index is 11.6. The van der Waals surface area contributed by atoms with Gasteiger partial charge in [0.2, 0.25) is 0 Å². The molecular weight excluding hydrogens is 224 g/mol. The number of carbonyl (C=O) groups is 1. The van der Waals surface area contributed by atoms with Crippen LogP contribution < -0.4 is 0 Å². The first-order valence-electron chi connectivity index (χ1n) is 4.80. The van der Waals surface area contributed by atoms with Gasteiger partial charge in [0.05, 0.1) is 19.0 Å². The molecule has 2 rings (SSSR count). The van der Waals surface area contributed by atoms with Crippen molar-refractivity contribution < 1.29 is 9.53 Å². The van der Waals surface area contributed by atoms with Gasteiger partial charge in [-0.1, -0.05) is 6.07 Å². The topological polar surface area (TPSA) is 43.6 Å². The molecule has 0 aliphatic carbocycles. The third-order valence-corrected chi connectivity index (χ3v) is 2.87. The number of aromatic nitrogens is 2. The van der Waals surface area contributed by atoms with Gasteiger partial charge >= 0.3 is 5.97 Å². The summed E-state index contributed by atoms with van der Waals surface area (Å²) in [5.74, 6) is 0.473. The molecule has 0 saturated carbocycles. The van der Waals surface area contributed by atoms with Gasteiger partial charge in [-0.25, -0.2) is 9.78 Å². The summed E-state index contributed by atoms with van der Waals surface area (Å²) in [5.41, 5.74) is 2.29. The van der Waals surface area contributed by atoms with Gasteiger partial charge in [0, 0.05) is 5.75 Å². The monoisotopic (exact) mass is 236 g/mol. The van der Waals surface area contributed by atoms with Gasteiger partial charge in [-0.05, 0) is 18.4 Å². The molecule has 0 saturated heterocycles. The summed E-state index contributed by atoms with van der Waals surface area (Å²) in [4.78, 5) is 15.9. The molecule has 0 aromatic carbocycles. The van der Waals surface area contributed by atoms with Crippen LogP contribution in [0.1, 0.15) is 16.2 Å². The number of hydrogen-bond donors (Lipinski definition) is 0. The van der Waals surface area contributed by atoms with E-state index in [1.165, 1.54) is 7.11 Å². The molecule has 0 amide bonds. The highest BCUT2D eigenvalue weighted by Gasteiger charge is 2.13. The second-order valence-electron chi connectivity index (χ2n) is 3.28. The molecule has 0 unspecified atom stereocenters. The maximum Gasteiger partial charge on any atom is 0.355 e. The second-order valence-corrected chi connectivity index (χ2v) is 4.14. The van der Waals surface area contributed by atoms with E-state index >= 15 is 0 Å². The van der Waals surface area contributed by atoms with E-state index < -0.39 is 0 Å². The van der Waals surface area contributed by atoms with Crippen LogP contribution in [0.5, 0.6) is 0 Å². The molecule has 5 heteroatoms. The minimum absolute atomic E-state index is 0.342. The molecule has 0 fully saturated rings. The Hall–Kier alpha value is -1.49. The lowest BCUT2D eigenvalue weighted by atomic mass is 10.3. The van der Waals surface area contributed by atoms with E-state index in [-0.39, 0.29) is 5.97 Å². The summed E-state index contributed by atoms with van der Waals surface area (Å²) < 4.78 is 6.59.